The molecule has 0 aliphatic rings. The van der Waals surface area contributed by atoms with Crippen LogP contribution in [0, 0.1) is 17.0 Å². The number of ketones is 1. The van der Waals surface area contributed by atoms with Crippen molar-refractivity contribution in [2.75, 3.05) is 0 Å². The second-order valence-electron chi connectivity index (χ2n) is 2.37. The number of carbonyl (C=O) groups is 1. The topological polar surface area (TPSA) is 73.3 Å². The second kappa shape index (κ2) is 2.77. The van der Waals surface area contributed by atoms with E-state index < -0.39 is 10.8 Å². The molecule has 1 heterocycles. The Hall–Kier alpha value is -1.65. The molecule has 0 bridgehead atoms. The Morgan fingerprint density at radius 2 is 2.25 bits per heavy atom. The average molecular weight is 169 g/mol. The largest absolute Gasteiger partial charge is 0.433 e. The van der Waals surface area contributed by atoms with Crippen LogP contribution in [0.15, 0.2) is 10.5 Å². The molecule has 0 spiro atoms. The highest BCUT2D eigenvalue weighted by atomic mass is 16.6. The van der Waals surface area contributed by atoms with Gasteiger partial charge in [0, 0.05) is 0 Å². The first-order valence-corrected chi connectivity index (χ1v) is 3.28. The first-order valence-electron chi connectivity index (χ1n) is 3.28. The van der Waals surface area contributed by atoms with Crippen molar-refractivity contribution in [3.63, 3.8) is 0 Å². The summed E-state index contributed by atoms with van der Waals surface area (Å²) in [7, 11) is 0. The molecule has 12 heavy (non-hydrogen) atoms. The maximum Gasteiger partial charge on any atom is 0.433 e. The van der Waals surface area contributed by atoms with Gasteiger partial charge in [0.1, 0.15) is 10.7 Å². The Kier molecular flexibility index (Phi) is 1.95. The van der Waals surface area contributed by atoms with E-state index in [1.807, 2.05) is 0 Å². The monoisotopic (exact) mass is 169 g/mol. The molecule has 0 radical (unpaired) electrons. The van der Waals surface area contributed by atoms with E-state index >= 15 is 0 Å². The van der Waals surface area contributed by atoms with E-state index in [9.17, 15) is 14.9 Å². The molecule has 1 aromatic rings. The lowest BCUT2D eigenvalue weighted by Crippen LogP contribution is -1.90. The molecule has 64 valence electrons. The van der Waals surface area contributed by atoms with Crippen LogP contribution in [0.25, 0.3) is 0 Å². The lowest BCUT2D eigenvalue weighted by molar-refractivity contribution is -0.402. The fraction of sp³-hybridized carbons (Fsp3) is 0.286. The zero-order valence-electron chi connectivity index (χ0n) is 6.66. The van der Waals surface area contributed by atoms with E-state index in [1.165, 1.54) is 13.8 Å². The van der Waals surface area contributed by atoms with Gasteiger partial charge in [0.15, 0.2) is 5.78 Å². The van der Waals surface area contributed by atoms with Gasteiger partial charge in [-0.05, 0) is 13.8 Å². The number of nitro groups is 1. The van der Waals surface area contributed by atoms with Gasteiger partial charge in [0.2, 0.25) is 0 Å². The lowest BCUT2D eigenvalue weighted by atomic mass is 10.2. The number of hydrogen-bond donors (Lipinski definition) is 0. The highest BCUT2D eigenvalue weighted by Crippen LogP contribution is 2.20. The highest BCUT2D eigenvalue weighted by Gasteiger charge is 2.18. The van der Waals surface area contributed by atoms with Crippen LogP contribution in [0.3, 0.4) is 0 Å². The van der Waals surface area contributed by atoms with Crippen LogP contribution < -0.4 is 0 Å². The van der Waals surface area contributed by atoms with Crippen molar-refractivity contribution in [1.29, 1.82) is 0 Å². The number of hydrogen-bond acceptors (Lipinski definition) is 4. The fourth-order valence-corrected chi connectivity index (χ4v) is 0.906. The van der Waals surface area contributed by atoms with E-state index in [4.69, 9.17) is 4.42 Å². The molecule has 0 saturated carbocycles. The minimum absolute atomic E-state index is 0.232. The molecule has 5 nitrogen and oxygen atoms in total. The Morgan fingerprint density at radius 1 is 1.67 bits per heavy atom. The van der Waals surface area contributed by atoms with Gasteiger partial charge in [-0.2, -0.15) is 0 Å². The number of nitrogens with zero attached hydrogens (tertiary/aromatic N) is 1. The minimum Gasteiger partial charge on any atom is -0.405 e. The Morgan fingerprint density at radius 3 is 2.50 bits per heavy atom. The summed E-state index contributed by atoms with van der Waals surface area (Å²) in [5.74, 6) is -0.337. The summed E-state index contributed by atoms with van der Waals surface area (Å²) in [6, 6.07) is 1.14. The summed E-state index contributed by atoms with van der Waals surface area (Å²) < 4.78 is 4.72. The third-order valence-electron chi connectivity index (χ3n) is 1.46. The molecule has 1 rings (SSSR count). The molecule has 0 saturated heterocycles. The third kappa shape index (κ3) is 1.34. The van der Waals surface area contributed by atoms with Gasteiger partial charge in [-0.15, -0.1) is 0 Å². The molecular weight excluding hydrogens is 162 g/mol. The zero-order chi connectivity index (χ0) is 9.30. The number of carbonyl (C=O) groups excluding carboxylic acids is 1. The van der Waals surface area contributed by atoms with Gasteiger partial charge < -0.3 is 4.42 Å². The Labute approximate surface area is 68.1 Å². The molecule has 0 unspecified atom stereocenters. The summed E-state index contributed by atoms with van der Waals surface area (Å²) in [6.07, 6.45) is 0. The average Bonchev–Trinajstić information content (AvgIpc) is 2.30. The summed E-state index contributed by atoms with van der Waals surface area (Å²) >= 11 is 0. The molecule has 0 aliphatic heterocycles. The molecule has 0 N–H and O–H groups in total. The molecular formula is C7H7NO4. The SMILES string of the molecule is CC(=O)c1cc([N+](=O)[O-])oc1C. The van der Waals surface area contributed by atoms with Gasteiger partial charge in [0.25, 0.3) is 0 Å². The van der Waals surface area contributed by atoms with E-state index in [0.717, 1.165) is 6.07 Å². The molecule has 0 amide bonds. The van der Waals surface area contributed by atoms with E-state index in [2.05, 4.69) is 0 Å². The summed E-state index contributed by atoms with van der Waals surface area (Å²) in [5.41, 5.74) is 0.265. The van der Waals surface area contributed by atoms with Crippen molar-refractivity contribution in [1.82, 2.24) is 0 Å². The van der Waals surface area contributed by atoms with Gasteiger partial charge in [-0.3, -0.25) is 14.9 Å². The van der Waals surface area contributed by atoms with Crippen LogP contribution in [0.5, 0.6) is 0 Å². The van der Waals surface area contributed by atoms with Crippen LogP contribution in [0.2, 0.25) is 0 Å². The normalized spacial score (nSPS) is 9.83. The predicted molar refractivity (Wildman–Crippen MR) is 40.1 cm³/mol. The molecule has 0 atom stereocenters. The summed E-state index contributed by atoms with van der Waals surface area (Å²) in [4.78, 5) is 20.3. The smallest absolute Gasteiger partial charge is 0.405 e. The number of aryl methyl sites for hydroxylation is 1. The molecule has 5 heteroatoms. The zero-order valence-corrected chi connectivity index (χ0v) is 6.66. The molecule has 0 aromatic carbocycles. The van der Waals surface area contributed by atoms with E-state index in [-0.39, 0.29) is 17.1 Å². The summed E-state index contributed by atoms with van der Waals surface area (Å²) in [6.45, 7) is 2.85. The maximum absolute atomic E-state index is 10.8. The Bertz CT molecular complexity index is 339. The van der Waals surface area contributed by atoms with Gasteiger partial charge in [-0.1, -0.05) is 0 Å². The van der Waals surface area contributed by atoms with Crippen LogP contribution >= 0.6 is 0 Å². The van der Waals surface area contributed by atoms with Crippen molar-refractivity contribution in [2.45, 2.75) is 13.8 Å². The molecule has 0 aliphatic carbocycles. The standard InChI is InChI=1S/C7H7NO4/c1-4(9)6-3-7(8(10)11)12-5(6)2/h3H,1-2H3. The molecule has 0 fully saturated rings. The summed E-state index contributed by atoms with van der Waals surface area (Å²) in [5, 5.41) is 10.2. The third-order valence-corrected chi connectivity index (χ3v) is 1.46. The van der Waals surface area contributed by atoms with Crippen LogP contribution in [-0.4, -0.2) is 10.7 Å². The van der Waals surface area contributed by atoms with Crippen molar-refractivity contribution >= 4 is 11.7 Å². The lowest BCUT2D eigenvalue weighted by Gasteiger charge is -1.85. The number of rotatable bonds is 2. The molecule has 1 aromatic heterocycles. The quantitative estimate of drug-likeness (QED) is 0.383. The number of furan rings is 1. The fourth-order valence-electron chi connectivity index (χ4n) is 0.906. The van der Waals surface area contributed by atoms with Crippen molar-refractivity contribution in [3.05, 3.63) is 27.5 Å². The predicted octanol–water partition coefficient (Wildman–Crippen LogP) is 1.70. The highest BCUT2D eigenvalue weighted by molar-refractivity contribution is 5.95. The van der Waals surface area contributed by atoms with E-state index in [0.29, 0.717) is 0 Å². The Balaban J connectivity index is 3.17. The van der Waals surface area contributed by atoms with Gasteiger partial charge in [-0.25, -0.2) is 0 Å². The van der Waals surface area contributed by atoms with Crippen molar-refractivity contribution < 1.29 is 14.1 Å². The second-order valence-corrected chi connectivity index (χ2v) is 2.37. The maximum atomic E-state index is 10.8. The van der Waals surface area contributed by atoms with Gasteiger partial charge >= 0.3 is 5.88 Å². The van der Waals surface area contributed by atoms with Crippen molar-refractivity contribution in [3.8, 4) is 0 Å². The number of Topliss-reactive ketones (excluding diaryl/α,β-unsaturated/α-hetero) is 1. The van der Waals surface area contributed by atoms with Crippen LogP contribution in [-0.2, 0) is 0 Å². The van der Waals surface area contributed by atoms with Crippen molar-refractivity contribution in [2.24, 2.45) is 0 Å². The first-order chi connectivity index (χ1) is 5.52. The van der Waals surface area contributed by atoms with Gasteiger partial charge in [0.05, 0.1) is 11.6 Å². The van der Waals surface area contributed by atoms with Crippen LogP contribution in [0.4, 0.5) is 5.88 Å². The minimum atomic E-state index is -0.667. The van der Waals surface area contributed by atoms with Crippen LogP contribution in [0.1, 0.15) is 23.0 Å². The first kappa shape index (κ1) is 8.45. The van der Waals surface area contributed by atoms with E-state index in [1.54, 1.807) is 0 Å².